The molecule has 0 bridgehead atoms. The molecule has 0 fully saturated rings. The Morgan fingerprint density at radius 3 is 2.88 bits per heavy atom. The second kappa shape index (κ2) is 4.35. The molecule has 1 heterocycles. The van der Waals surface area contributed by atoms with Crippen LogP contribution >= 0.6 is 15.9 Å². The van der Waals surface area contributed by atoms with Gasteiger partial charge in [-0.2, -0.15) is 4.73 Å². The fraction of sp³-hybridized carbons (Fsp3) is 0.182. The van der Waals surface area contributed by atoms with Crippen molar-refractivity contribution in [1.29, 1.82) is 0 Å². The van der Waals surface area contributed by atoms with Crippen molar-refractivity contribution in [1.82, 2.24) is 0 Å². The molecule has 84 valence electrons. The molecule has 1 aromatic carbocycles. The quantitative estimate of drug-likeness (QED) is 0.677. The molecule has 16 heavy (non-hydrogen) atoms. The van der Waals surface area contributed by atoms with Crippen LogP contribution < -0.4 is 4.73 Å². The smallest absolute Gasteiger partial charge is 0.209 e. The van der Waals surface area contributed by atoms with Crippen molar-refractivity contribution in [3.63, 3.8) is 0 Å². The molecule has 5 heteroatoms. The second-order valence-corrected chi connectivity index (χ2v) is 4.21. The predicted octanol–water partition coefficient (Wildman–Crippen LogP) is 1.91. The molecule has 0 aliphatic heterocycles. The summed E-state index contributed by atoms with van der Waals surface area (Å²) in [5.74, 6) is -0.355. The first kappa shape index (κ1) is 11.3. The molecule has 0 aliphatic carbocycles. The lowest BCUT2D eigenvalue weighted by Crippen LogP contribution is -2.32. The van der Waals surface area contributed by atoms with Crippen molar-refractivity contribution < 1.29 is 14.2 Å². The van der Waals surface area contributed by atoms with Gasteiger partial charge in [-0.25, -0.2) is 4.39 Å². The minimum Gasteiger partial charge on any atom is -0.618 e. The maximum Gasteiger partial charge on any atom is 0.209 e. The first-order chi connectivity index (χ1) is 7.63. The first-order valence-corrected chi connectivity index (χ1v) is 5.53. The zero-order chi connectivity index (χ0) is 11.7. The van der Waals surface area contributed by atoms with E-state index in [1.54, 1.807) is 6.07 Å². The van der Waals surface area contributed by atoms with Crippen LogP contribution in [0.25, 0.3) is 10.8 Å². The van der Waals surface area contributed by atoms with Gasteiger partial charge in [0.25, 0.3) is 0 Å². The Morgan fingerprint density at radius 2 is 2.19 bits per heavy atom. The number of halogens is 2. The van der Waals surface area contributed by atoms with Gasteiger partial charge in [0, 0.05) is 10.8 Å². The van der Waals surface area contributed by atoms with Crippen LogP contribution in [0.4, 0.5) is 4.39 Å². The molecule has 0 spiro atoms. The van der Waals surface area contributed by atoms with Crippen molar-refractivity contribution in [2.45, 2.75) is 6.42 Å². The van der Waals surface area contributed by atoms with Gasteiger partial charge in [0.05, 0.1) is 17.5 Å². The summed E-state index contributed by atoms with van der Waals surface area (Å²) in [5, 5.41) is 21.8. The summed E-state index contributed by atoms with van der Waals surface area (Å²) in [4.78, 5) is 0. The lowest BCUT2D eigenvalue weighted by Gasteiger charge is -2.08. The summed E-state index contributed by atoms with van der Waals surface area (Å²) < 4.78 is 14.3. The predicted molar refractivity (Wildman–Crippen MR) is 61.4 cm³/mol. The van der Waals surface area contributed by atoms with Crippen molar-refractivity contribution in [2.75, 3.05) is 6.61 Å². The van der Waals surface area contributed by atoms with Crippen molar-refractivity contribution in [2.24, 2.45) is 0 Å². The van der Waals surface area contributed by atoms with E-state index >= 15 is 0 Å². The van der Waals surface area contributed by atoms with Gasteiger partial charge in [-0.15, -0.1) is 0 Å². The number of hydrogen-bond donors (Lipinski definition) is 1. The topological polar surface area (TPSA) is 47.2 Å². The summed E-state index contributed by atoms with van der Waals surface area (Å²) in [6.07, 6.45) is 1.61. The molecule has 3 nitrogen and oxygen atoms in total. The maximum absolute atomic E-state index is 13.1. The van der Waals surface area contributed by atoms with E-state index in [9.17, 15) is 9.60 Å². The number of fused-ring (bicyclic) bond motifs is 1. The minimum absolute atomic E-state index is 0.123. The number of aliphatic hydroxyl groups is 1. The molecule has 0 saturated heterocycles. The van der Waals surface area contributed by atoms with Gasteiger partial charge in [0.1, 0.15) is 5.82 Å². The Balaban J connectivity index is 2.74. The molecular formula is C11H9BrFNO2. The normalized spacial score (nSPS) is 10.9. The number of nitrogens with zero attached hydrogens (tertiary/aromatic N) is 1. The van der Waals surface area contributed by atoms with E-state index < -0.39 is 0 Å². The molecule has 0 aliphatic rings. The van der Waals surface area contributed by atoms with Crippen LogP contribution in [0, 0.1) is 11.0 Å². The molecule has 0 atom stereocenters. The SMILES string of the molecule is [O-][n+]1cc2ccc(F)cc2c(Br)c1CCO. The van der Waals surface area contributed by atoms with E-state index in [0.29, 0.717) is 25.7 Å². The molecule has 0 amide bonds. The third-order valence-electron chi connectivity index (χ3n) is 2.38. The van der Waals surface area contributed by atoms with Crippen LogP contribution in [0.5, 0.6) is 0 Å². The molecule has 2 rings (SSSR count). The van der Waals surface area contributed by atoms with Gasteiger partial charge in [-0.3, -0.25) is 0 Å². The Hall–Kier alpha value is -1.20. The first-order valence-electron chi connectivity index (χ1n) is 4.74. The van der Waals surface area contributed by atoms with Crippen molar-refractivity contribution >= 4 is 26.7 Å². The molecule has 0 unspecified atom stereocenters. The van der Waals surface area contributed by atoms with Crippen LogP contribution in [-0.2, 0) is 6.42 Å². The standard InChI is InChI=1S/C11H9BrFNO2/c12-11-9-5-8(13)2-1-7(9)6-14(16)10(11)3-4-15/h1-2,5-6,15H,3-4H2. The van der Waals surface area contributed by atoms with E-state index in [4.69, 9.17) is 5.11 Å². The fourth-order valence-electron chi connectivity index (χ4n) is 1.61. The lowest BCUT2D eigenvalue weighted by molar-refractivity contribution is -0.613. The van der Waals surface area contributed by atoms with Crippen LogP contribution in [0.2, 0.25) is 0 Å². The zero-order valence-electron chi connectivity index (χ0n) is 8.28. The lowest BCUT2D eigenvalue weighted by atomic mass is 10.1. The molecular weight excluding hydrogens is 277 g/mol. The number of rotatable bonds is 2. The second-order valence-electron chi connectivity index (χ2n) is 3.42. The highest BCUT2D eigenvalue weighted by molar-refractivity contribution is 9.10. The van der Waals surface area contributed by atoms with Crippen molar-refractivity contribution in [3.8, 4) is 0 Å². The molecule has 1 aromatic heterocycles. The highest BCUT2D eigenvalue weighted by Gasteiger charge is 2.15. The summed E-state index contributed by atoms with van der Waals surface area (Å²) >= 11 is 3.27. The van der Waals surface area contributed by atoms with Crippen LogP contribution in [-0.4, -0.2) is 11.7 Å². The van der Waals surface area contributed by atoms with Crippen molar-refractivity contribution in [3.05, 3.63) is 45.6 Å². The summed E-state index contributed by atoms with van der Waals surface area (Å²) in [6, 6.07) is 4.22. The Labute approximate surface area is 99.8 Å². The van der Waals surface area contributed by atoms with Crippen LogP contribution in [0.3, 0.4) is 0 Å². The van der Waals surface area contributed by atoms with E-state index in [0.717, 1.165) is 0 Å². The number of aromatic nitrogens is 1. The average molecular weight is 286 g/mol. The summed E-state index contributed by atoms with van der Waals surface area (Å²) in [5.41, 5.74) is 0.403. The highest BCUT2D eigenvalue weighted by atomic mass is 79.9. The molecule has 1 N–H and O–H groups in total. The van der Waals surface area contributed by atoms with Gasteiger partial charge in [-0.05, 0) is 34.1 Å². The van der Waals surface area contributed by atoms with Crippen LogP contribution in [0.15, 0.2) is 28.9 Å². The van der Waals surface area contributed by atoms with Gasteiger partial charge < -0.3 is 10.3 Å². The summed E-state index contributed by atoms with van der Waals surface area (Å²) in [6.45, 7) is -0.123. The number of hydrogen-bond acceptors (Lipinski definition) is 2. The minimum atomic E-state index is -0.355. The molecule has 0 radical (unpaired) electrons. The van der Waals surface area contributed by atoms with Gasteiger partial charge >= 0.3 is 0 Å². The monoisotopic (exact) mass is 285 g/mol. The van der Waals surface area contributed by atoms with E-state index in [1.165, 1.54) is 18.3 Å². The third-order valence-corrected chi connectivity index (χ3v) is 3.26. The maximum atomic E-state index is 13.1. The van der Waals surface area contributed by atoms with E-state index in [1.807, 2.05) is 0 Å². The Kier molecular flexibility index (Phi) is 3.07. The Morgan fingerprint density at radius 1 is 1.44 bits per heavy atom. The van der Waals surface area contributed by atoms with E-state index in [2.05, 4.69) is 15.9 Å². The van der Waals surface area contributed by atoms with Gasteiger partial charge in [0.2, 0.25) is 5.69 Å². The fourth-order valence-corrected chi connectivity index (χ4v) is 2.33. The largest absolute Gasteiger partial charge is 0.618 e. The van der Waals surface area contributed by atoms with E-state index in [-0.39, 0.29) is 18.8 Å². The van der Waals surface area contributed by atoms with Gasteiger partial charge in [0.15, 0.2) is 6.20 Å². The highest BCUT2D eigenvalue weighted by Crippen LogP contribution is 2.26. The number of benzene rings is 1. The zero-order valence-corrected chi connectivity index (χ0v) is 9.87. The molecule has 2 aromatic rings. The number of aliphatic hydroxyl groups excluding tert-OH is 1. The average Bonchev–Trinajstić information content (AvgIpc) is 2.26. The van der Waals surface area contributed by atoms with Gasteiger partial charge in [-0.1, -0.05) is 0 Å². The third kappa shape index (κ3) is 1.88. The van der Waals surface area contributed by atoms with Crippen LogP contribution in [0.1, 0.15) is 5.69 Å². The summed E-state index contributed by atoms with van der Waals surface area (Å²) in [7, 11) is 0. The molecule has 0 saturated carbocycles. The number of pyridine rings is 1. The Bertz CT molecular complexity index is 545.